The van der Waals surface area contributed by atoms with Crippen molar-refractivity contribution in [3.63, 3.8) is 0 Å². The van der Waals surface area contributed by atoms with E-state index in [1.165, 1.54) is 10.8 Å². The quantitative estimate of drug-likeness (QED) is 0.782. The molecule has 20 heavy (non-hydrogen) atoms. The summed E-state index contributed by atoms with van der Waals surface area (Å²) in [6.45, 7) is 5.08. The van der Waals surface area contributed by atoms with Gasteiger partial charge in [0.2, 0.25) is 0 Å². The Labute approximate surface area is 119 Å². The van der Waals surface area contributed by atoms with Crippen molar-refractivity contribution in [1.82, 2.24) is 15.1 Å². The third-order valence-electron chi connectivity index (χ3n) is 3.35. The van der Waals surface area contributed by atoms with Crippen LogP contribution in [-0.4, -0.2) is 15.8 Å². The van der Waals surface area contributed by atoms with Crippen LogP contribution in [0.1, 0.15) is 19.5 Å². The average molecular weight is 265 g/mol. The second-order valence-electron chi connectivity index (χ2n) is 5.29. The lowest BCUT2D eigenvalue weighted by atomic mass is 10.1. The summed E-state index contributed by atoms with van der Waals surface area (Å²) in [6.07, 6.45) is 2.03. The number of fused-ring (bicyclic) bond motifs is 1. The number of benzene rings is 2. The van der Waals surface area contributed by atoms with Crippen LogP contribution >= 0.6 is 0 Å². The van der Waals surface area contributed by atoms with E-state index < -0.39 is 0 Å². The highest BCUT2D eigenvalue weighted by atomic mass is 15.3. The maximum Gasteiger partial charge on any atom is 0.0766 e. The molecule has 3 aromatic rings. The van der Waals surface area contributed by atoms with Crippen LogP contribution in [0.15, 0.2) is 54.7 Å². The molecule has 102 valence electrons. The molecular weight excluding hydrogens is 246 g/mol. The van der Waals surface area contributed by atoms with Gasteiger partial charge < -0.3 is 5.32 Å². The van der Waals surface area contributed by atoms with Gasteiger partial charge in [0.05, 0.1) is 11.4 Å². The predicted octanol–water partition coefficient (Wildman–Crippen LogP) is 3.52. The fourth-order valence-electron chi connectivity index (χ4n) is 2.31. The average Bonchev–Trinajstić information content (AvgIpc) is 2.93. The Kier molecular flexibility index (Phi) is 3.52. The van der Waals surface area contributed by atoms with E-state index in [-0.39, 0.29) is 0 Å². The lowest BCUT2D eigenvalue weighted by molar-refractivity contribution is 0.578. The molecule has 2 aromatic carbocycles. The van der Waals surface area contributed by atoms with Crippen LogP contribution in [-0.2, 0) is 6.54 Å². The second-order valence-corrected chi connectivity index (χ2v) is 5.29. The molecule has 0 bridgehead atoms. The summed E-state index contributed by atoms with van der Waals surface area (Å²) in [5.41, 5.74) is 2.19. The normalized spacial score (nSPS) is 11.3. The fourth-order valence-corrected chi connectivity index (χ4v) is 2.31. The van der Waals surface area contributed by atoms with Gasteiger partial charge in [-0.3, -0.25) is 0 Å². The zero-order chi connectivity index (χ0) is 13.9. The minimum Gasteiger partial charge on any atom is -0.309 e. The van der Waals surface area contributed by atoms with E-state index in [9.17, 15) is 0 Å². The first-order chi connectivity index (χ1) is 9.74. The zero-order valence-corrected chi connectivity index (χ0v) is 11.9. The van der Waals surface area contributed by atoms with Gasteiger partial charge in [-0.05, 0) is 17.5 Å². The molecule has 0 aliphatic heterocycles. The van der Waals surface area contributed by atoms with E-state index in [1.54, 1.807) is 0 Å². The van der Waals surface area contributed by atoms with Crippen LogP contribution in [0.4, 0.5) is 0 Å². The number of nitrogens with zero attached hydrogens (tertiary/aromatic N) is 2. The van der Waals surface area contributed by atoms with E-state index in [0.717, 1.165) is 17.9 Å². The monoisotopic (exact) mass is 265 g/mol. The number of nitrogens with one attached hydrogen (secondary N) is 1. The fraction of sp³-hybridized carbons (Fsp3) is 0.235. The zero-order valence-electron chi connectivity index (χ0n) is 11.9. The summed E-state index contributed by atoms with van der Waals surface area (Å²) in [5.74, 6) is 0. The van der Waals surface area contributed by atoms with Crippen molar-refractivity contribution in [3.8, 4) is 5.69 Å². The number of aromatic nitrogens is 2. The molecule has 0 unspecified atom stereocenters. The molecule has 0 saturated heterocycles. The van der Waals surface area contributed by atoms with E-state index in [2.05, 4.69) is 72.8 Å². The highest BCUT2D eigenvalue weighted by Crippen LogP contribution is 2.21. The first-order valence-corrected chi connectivity index (χ1v) is 7.00. The lowest BCUT2D eigenvalue weighted by Crippen LogP contribution is -2.22. The molecule has 0 saturated carbocycles. The highest BCUT2D eigenvalue weighted by Gasteiger charge is 2.05. The molecular formula is C17H19N3. The summed E-state index contributed by atoms with van der Waals surface area (Å²) < 4.78 is 1.96. The van der Waals surface area contributed by atoms with E-state index in [0.29, 0.717) is 6.04 Å². The minimum absolute atomic E-state index is 0.470. The molecule has 0 aliphatic rings. The third-order valence-corrected chi connectivity index (χ3v) is 3.35. The Morgan fingerprint density at radius 3 is 2.70 bits per heavy atom. The van der Waals surface area contributed by atoms with Gasteiger partial charge in [0.1, 0.15) is 0 Å². The van der Waals surface area contributed by atoms with Crippen molar-refractivity contribution < 1.29 is 0 Å². The molecule has 1 heterocycles. The molecule has 0 aliphatic carbocycles. The maximum absolute atomic E-state index is 4.66. The van der Waals surface area contributed by atoms with Gasteiger partial charge in [-0.1, -0.05) is 50.2 Å². The van der Waals surface area contributed by atoms with Crippen molar-refractivity contribution in [3.05, 3.63) is 60.4 Å². The molecule has 0 spiro atoms. The van der Waals surface area contributed by atoms with Crippen LogP contribution in [0.2, 0.25) is 0 Å². The van der Waals surface area contributed by atoms with Crippen LogP contribution in [0.5, 0.6) is 0 Å². The Morgan fingerprint density at radius 2 is 1.85 bits per heavy atom. The van der Waals surface area contributed by atoms with Crippen LogP contribution in [0.3, 0.4) is 0 Å². The first kappa shape index (κ1) is 12.9. The SMILES string of the molecule is CC(C)NCc1ccn(-c2cccc3ccccc23)n1. The molecule has 0 fully saturated rings. The van der Waals surface area contributed by atoms with E-state index in [1.807, 2.05) is 10.9 Å². The number of rotatable bonds is 4. The van der Waals surface area contributed by atoms with Gasteiger partial charge in [-0.15, -0.1) is 0 Å². The van der Waals surface area contributed by atoms with Gasteiger partial charge in [-0.2, -0.15) is 5.10 Å². The lowest BCUT2D eigenvalue weighted by Gasteiger charge is -2.07. The minimum atomic E-state index is 0.470. The van der Waals surface area contributed by atoms with Crippen molar-refractivity contribution in [2.75, 3.05) is 0 Å². The maximum atomic E-state index is 4.66. The topological polar surface area (TPSA) is 29.9 Å². The Hall–Kier alpha value is -2.13. The van der Waals surface area contributed by atoms with Crippen LogP contribution < -0.4 is 5.32 Å². The van der Waals surface area contributed by atoms with Crippen molar-refractivity contribution in [2.24, 2.45) is 0 Å². The summed E-state index contributed by atoms with van der Waals surface area (Å²) in [4.78, 5) is 0. The summed E-state index contributed by atoms with van der Waals surface area (Å²) >= 11 is 0. The van der Waals surface area contributed by atoms with Crippen molar-refractivity contribution in [2.45, 2.75) is 26.4 Å². The van der Waals surface area contributed by atoms with Gasteiger partial charge in [0, 0.05) is 24.2 Å². The van der Waals surface area contributed by atoms with E-state index >= 15 is 0 Å². The second kappa shape index (κ2) is 5.47. The third kappa shape index (κ3) is 2.58. The largest absolute Gasteiger partial charge is 0.309 e. The van der Waals surface area contributed by atoms with Gasteiger partial charge in [0.15, 0.2) is 0 Å². The summed E-state index contributed by atoms with van der Waals surface area (Å²) in [5, 5.41) is 10.5. The van der Waals surface area contributed by atoms with Crippen LogP contribution in [0.25, 0.3) is 16.5 Å². The Balaban J connectivity index is 1.95. The Bertz CT molecular complexity index is 708. The smallest absolute Gasteiger partial charge is 0.0766 e. The standard InChI is InChI=1S/C17H19N3/c1-13(2)18-12-15-10-11-20(19-15)17-9-5-7-14-6-3-4-8-16(14)17/h3-11,13,18H,12H2,1-2H3. The van der Waals surface area contributed by atoms with Crippen LogP contribution in [0, 0.1) is 0 Å². The number of hydrogen-bond acceptors (Lipinski definition) is 2. The van der Waals surface area contributed by atoms with Crippen molar-refractivity contribution >= 4 is 10.8 Å². The predicted molar refractivity (Wildman–Crippen MR) is 83.0 cm³/mol. The molecule has 0 atom stereocenters. The Morgan fingerprint density at radius 1 is 1.05 bits per heavy atom. The summed E-state index contributed by atoms with van der Waals surface area (Å²) in [6, 6.07) is 17.2. The molecule has 3 heteroatoms. The van der Waals surface area contributed by atoms with Crippen molar-refractivity contribution in [1.29, 1.82) is 0 Å². The molecule has 1 N–H and O–H groups in total. The van der Waals surface area contributed by atoms with E-state index in [4.69, 9.17) is 0 Å². The molecule has 3 nitrogen and oxygen atoms in total. The first-order valence-electron chi connectivity index (χ1n) is 7.00. The van der Waals surface area contributed by atoms with Gasteiger partial charge in [-0.25, -0.2) is 4.68 Å². The summed E-state index contributed by atoms with van der Waals surface area (Å²) in [7, 11) is 0. The molecule has 3 rings (SSSR count). The van der Waals surface area contributed by atoms with Gasteiger partial charge >= 0.3 is 0 Å². The highest BCUT2D eigenvalue weighted by molar-refractivity contribution is 5.89. The van der Waals surface area contributed by atoms with Gasteiger partial charge in [0.25, 0.3) is 0 Å². The number of hydrogen-bond donors (Lipinski definition) is 1. The molecule has 0 amide bonds. The molecule has 0 radical (unpaired) electrons. The molecule has 1 aromatic heterocycles.